The van der Waals surface area contributed by atoms with E-state index in [1.165, 1.54) is 28.2 Å². The van der Waals surface area contributed by atoms with Crippen molar-refractivity contribution in [2.45, 2.75) is 26.1 Å². The maximum absolute atomic E-state index is 10.5. The molecule has 0 aliphatic rings. The van der Waals surface area contributed by atoms with Crippen LogP contribution in [0.4, 0.5) is 5.69 Å². The van der Waals surface area contributed by atoms with Gasteiger partial charge in [0.05, 0.1) is 17.6 Å². The minimum absolute atomic E-state index is 0.0703. The summed E-state index contributed by atoms with van der Waals surface area (Å²) in [6, 6.07) is 0. The van der Waals surface area contributed by atoms with Crippen LogP contribution in [-0.4, -0.2) is 32.5 Å². The molecule has 0 radical (unpaired) electrons. The quantitative estimate of drug-likeness (QED) is 0.593. The van der Waals surface area contributed by atoms with Crippen LogP contribution in [0.1, 0.15) is 11.1 Å². The molecule has 1 unspecified atom stereocenters. The largest absolute Gasteiger partial charge is 0.390 e. The lowest BCUT2D eigenvalue weighted by Gasteiger charge is -2.11. The zero-order chi connectivity index (χ0) is 14.5. The first kappa shape index (κ1) is 14.6. The molecule has 2 aromatic heterocycles. The Morgan fingerprint density at radius 1 is 1.60 bits per heavy atom. The van der Waals surface area contributed by atoms with Gasteiger partial charge in [0.25, 0.3) is 0 Å². The topological polar surface area (TPSA) is 93.2 Å². The van der Waals surface area contributed by atoms with E-state index in [2.05, 4.69) is 21.2 Å². The molecule has 1 atom stereocenters. The van der Waals surface area contributed by atoms with Gasteiger partial charge in [0.2, 0.25) is 0 Å². The fourth-order valence-electron chi connectivity index (χ4n) is 1.77. The van der Waals surface area contributed by atoms with Gasteiger partial charge in [0.1, 0.15) is 12.4 Å². The molecular weight excluding hydrogens is 280 g/mol. The van der Waals surface area contributed by atoms with Crippen molar-refractivity contribution in [3.63, 3.8) is 0 Å². The van der Waals surface area contributed by atoms with E-state index < -0.39 is 11.0 Å². The number of nitrogens with one attached hydrogen (secondary N) is 1. The number of aliphatic hydroxyl groups is 1. The second kappa shape index (κ2) is 6.60. The average Bonchev–Trinajstić information content (AvgIpc) is 2.99. The first-order valence-electron chi connectivity index (χ1n) is 6.13. The second-order valence-corrected chi connectivity index (χ2v) is 5.29. The number of hydrogen-bond acceptors (Lipinski definition) is 6. The standard InChI is InChI=1S/C12H16N4O3S/c1-9-7-20-8-10(9)2-13-4-12(17)6-15-5-11(3-14-15)16(18)19/h3,5,7-8,12-13,17H,2,4,6H2,1H3. The van der Waals surface area contributed by atoms with Crippen LogP contribution >= 0.6 is 11.3 Å². The Labute approximate surface area is 120 Å². The summed E-state index contributed by atoms with van der Waals surface area (Å²) in [6.45, 7) is 3.38. The highest BCUT2D eigenvalue weighted by molar-refractivity contribution is 7.08. The van der Waals surface area contributed by atoms with Crippen molar-refractivity contribution >= 4 is 17.0 Å². The molecule has 2 rings (SSSR count). The van der Waals surface area contributed by atoms with Crippen molar-refractivity contribution < 1.29 is 10.0 Å². The molecule has 0 aromatic carbocycles. The lowest BCUT2D eigenvalue weighted by Crippen LogP contribution is -2.30. The lowest BCUT2D eigenvalue weighted by molar-refractivity contribution is -0.385. The summed E-state index contributed by atoms with van der Waals surface area (Å²) in [7, 11) is 0. The van der Waals surface area contributed by atoms with E-state index in [-0.39, 0.29) is 12.2 Å². The first-order chi connectivity index (χ1) is 9.56. The number of aliphatic hydroxyl groups excluding tert-OH is 1. The summed E-state index contributed by atoms with van der Waals surface area (Å²) in [4.78, 5) is 10.0. The normalized spacial score (nSPS) is 12.5. The SMILES string of the molecule is Cc1cscc1CNCC(O)Cn1cc([N+](=O)[O-])cn1. The molecule has 0 aliphatic carbocycles. The number of nitro groups is 1. The van der Waals surface area contributed by atoms with Gasteiger partial charge in [-0.2, -0.15) is 16.4 Å². The van der Waals surface area contributed by atoms with Crippen molar-refractivity contribution in [3.05, 3.63) is 44.4 Å². The van der Waals surface area contributed by atoms with Gasteiger partial charge >= 0.3 is 5.69 Å². The lowest BCUT2D eigenvalue weighted by atomic mass is 10.2. The zero-order valence-electron chi connectivity index (χ0n) is 11.0. The summed E-state index contributed by atoms with van der Waals surface area (Å²) in [5, 5.41) is 31.5. The van der Waals surface area contributed by atoms with Gasteiger partial charge in [0, 0.05) is 13.1 Å². The Balaban J connectivity index is 1.76. The van der Waals surface area contributed by atoms with Gasteiger partial charge in [-0.25, -0.2) is 0 Å². The van der Waals surface area contributed by atoms with Gasteiger partial charge in [-0.1, -0.05) is 0 Å². The van der Waals surface area contributed by atoms with Crippen molar-refractivity contribution in [1.29, 1.82) is 0 Å². The van der Waals surface area contributed by atoms with Crippen LogP contribution in [0.3, 0.4) is 0 Å². The van der Waals surface area contributed by atoms with E-state index in [1.54, 1.807) is 11.3 Å². The third kappa shape index (κ3) is 3.86. The van der Waals surface area contributed by atoms with Crippen LogP contribution in [0, 0.1) is 17.0 Å². The van der Waals surface area contributed by atoms with Crippen LogP contribution < -0.4 is 5.32 Å². The van der Waals surface area contributed by atoms with Crippen LogP contribution in [0.15, 0.2) is 23.2 Å². The first-order valence-corrected chi connectivity index (χ1v) is 7.08. The number of hydrogen-bond donors (Lipinski definition) is 2. The average molecular weight is 296 g/mol. The van der Waals surface area contributed by atoms with E-state index in [0.717, 1.165) is 0 Å². The predicted molar refractivity (Wildman–Crippen MR) is 75.7 cm³/mol. The van der Waals surface area contributed by atoms with E-state index >= 15 is 0 Å². The monoisotopic (exact) mass is 296 g/mol. The maximum atomic E-state index is 10.5. The van der Waals surface area contributed by atoms with Crippen LogP contribution in [0.5, 0.6) is 0 Å². The summed E-state index contributed by atoms with van der Waals surface area (Å²) in [6.07, 6.45) is 1.84. The minimum Gasteiger partial charge on any atom is -0.390 e. The number of aromatic nitrogens is 2. The van der Waals surface area contributed by atoms with E-state index in [4.69, 9.17) is 0 Å². The van der Waals surface area contributed by atoms with Crippen LogP contribution in [0.25, 0.3) is 0 Å². The summed E-state index contributed by atoms with van der Waals surface area (Å²) in [5.74, 6) is 0. The molecule has 0 amide bonds. The zero-order valence-corrected chi connectivity index (χ0v) is 11.8. The van der Waals surface area contributed by atoms with E-state index in [1.807, 2.05) is 6.92 Å². The van der Waals surface area contributed by atoms with Gasteiger partial charge in [-0.3, -0.25) is 14.8 Å². The van der Waals surface area contributed by atoms with E-state index in [9.17, 15) is 15.2 Å². The summed E-state index contributed by atoms with van der Waals surface area (Å²) in [5.41, 5.74) is 2.38. The van der Waals surface area contributed by atoms with Crippen molar-refractivity contribution in [2.75, 3.05) is 6.54 Å². The summed E-state index contributed by atoms with van der Waals surface area (Å²) >= 11 is 1.65. The number of aryl methyl sites for hydroxylation is 1. The molecule has 8 heteroatoms. The Morgan fingerprint density at radius 3 is 3.00 bits per heavy atom. The molecule has 0 saturated heterocycles. The van der Waals surface area contributed by atoms with Gasteiger partial charge in [-0.15, -0.1) is 0 Å². The maximum Gasteiger partial charge on any atom is 0.306 e. The van der Waals surface area contributed by atoms with Gasteiger partial charge < -0.3 is 10.4 Å². The molecule has 7 nitrogen and oxygen atoms in total. The third-order valence-corrected chi connectivity index (χ3v) is 3.80. The molecule has 2 aromatic rings. The smallest absolute Gasteiger partial charge is 0.306 e. The molecule has 20 heavy (non-hydrogen) atoms. The fraction of sp³-hybridized carbons (Fsp3) is 0.417. The Kier molecular flexibility index (Phi) is 4.83. The molecule has 0 bridgehead atoms. The molecule has 0 saturated carbocycles. The Morgan fingerprint density at radius 2 is 2.40 bits per heavy atom. The van der Waals surface area contributed by atoms with Crippen molar-refractivity contribution in [3.8, 4) is 0 Å². The summed E-state index contributed by atoms with van der Waals surface area (Å²) < 4.78 is 1.38. The van der Waals surface area contributed by atoms with Gasteiger partial charge in [-0.05, 0) is 28.8 Å². The van der Waals surface area contributed by atoms with Crippen LogP contribution in [0.2, 0.25) is 0 Å². The van der Waals surface area contributed by atoms with Gasteiger partial charge in [0.15, 0.2) is 0 Å². The number of thiophene rings is 1. The third-order valence-electron chi connectivity index (χ3n) is 2.89. The molecule has 0 aliphatic heterocycles. The minimum atomic E-state index is -0.645. The molecule has 0 fully saturated rings. The number of nitrogens with zero attached hydrogens (tertiary/aromatic N) is 3. The van der Waals surface area contributed by atoms with Crippen molar-refractivity contribution in [2.24, 2.45) is 0 Å². The van der Waals surface area contributed by atoms with Crippen molar-refractivity contribution in [1.82, 2.24) is 15.1 Å². The fourth-order valence-corrected chi connectivity index (χ4v) is 2.63. The highest BCUT2D eigenvalue weighted by Crippen LogP contribution is 2.13. The molecule has 2 N–H and O–H groups in total. The second-order valence-electron chi connectivity index (χ2n) is 4.54. The number of rotatable bonds is 7. The molecule has 0 spiro atoms. The molecular formula is C12H16N4O3S. The highest BCUT2D eigenvalue weighted by Gasteiger charge is 2.11. The van der Waals surface area contributed by atoms with E-state index in [0.29, 0.717) is 13.1 Å². The van der Waals surface area contributed by atoms with Crippen LogP contribution in [-0.2, 0) is 13.1 Å². The molecule has 108 valence electrons. The predicted octanol–water partition coefficient (Wildman–Crippen LogP) is 1.31. The molecule has 2 heterocycles. The highest BCUT2D eigenvalue weighted by atomic mass is 32.1. The Bertz CT molecular complexity index is 581. The Hall–Kier alpha value is -1.77.